The normalized spacial score (nSPS) is 10.3. The van der Waals surface area contributed by atoms with Crippen LogP contribution in [0.4, 0.5) is 0 Å². The summed E-state index contributed by atoms with van der Waals surface area (Å²) in [6.07, 6.45) is 0. The largest absolute Gasteiger partial charge is 0.508 e. The first kappa shape index (κ1) is 11.5. The summed E-state index contributed by atoms with van der Waals surface area (Å²) in [5.74, 6) is 1.21. The number of hydrogen-bond acceptors (Lipinski definition) is 2. The molecule has 0 bridgehead atoms. The van der Waals surface area contributed by atoms with Crippen LogP contribution in [-0.2, 0) is 0 Å². The maximum absolute atomic E-state index is 9.71. The highest BCUT2D eigenvalue weighted by Crippen LogP contribution is 2.29. The molecule has 2 aromatic rings. The second-order valence-corrected chi connectivity index (χ2v) is 4.19. The Hall–Kier alpha value is -1.96. The molecule has 0 atom stereocenters. The molecule has 0 saturated heterocycles. The molecular formula is C15H16O2. The average Bonchev–Trinajstić information content (AvgIpc) is 2.32. The van der Waals surface area contributed by atoms with E-state index in [0.29, 0.717) is 5.75 Å². The Kier molecular flexibility index (Phi) is 3.05. The molecule has 0 aliphatic rings. The Morgan fingerprint density at radius 3 is 2.12 bits per heavy atom. The molecule has 0 unspecified atom stereocenters. The fourth-order valence-electron chi connectivity index (χ4n) is 1.85. The van der Waals surface area contributed by atoms with Gasteiger partial charge in [0.15, 0.2) is 0 Å². The number of phenols is 1. The van der Waals surface area contributed by atoms with E-state index in [2.05, 4.69) is 6.07 Å². The third-order valence-corrected chi connectivity index (χ3v) is 2.94. The second kappa shape index (κ2) is 4.50. The van der Waals surface area contributed by atoms with Crippen molar-refractivity contribution in [2.75, 3.05) is 7.11 Å². The molecule has 0 spiro atoms. The summed E-state index contributed by atoms with van der Waals surface area (Å²) in [5, 5.41) is 9.71. The molecule has 0 aliphatic carbocycles. The van der Waals surface area contributed by atoms with Crippen molar-refractivity contribution in [2.24, 2.45) is 0 Å². The first-order chi connectivity index (χ1) is 8.11. The highest BCUT2D eigenvalue weighted by atomic mass is 16.5. The summed E-state index contributed by atoms with van der Waals surface area (Å²) in [5.41, 5.74) is 4.07. The van der Waals surface area contributed by atoms with Crippen LogP contribution < -0.4 is 4.74 Å². The van der Waals surface area contributed by atoms with Crippen LogP contribution in [0.15, 0.2) is 36.4 Å². The van der Waals surface area contributed by atoms with Gasteiger partial charge in [0.2, 0.25) is 0 Å². The van der Waals surface area contributed by atoms with Gasteiger partial charge in [0.1, 0.15) is 11.5 Å². The van der Waals surface area contributed by atoms with Gasteiger partial charge in [-0.15, -0.1) is 0 Å². The van der Waals surface area contributed by atoms with Crippen LogP contribution in [0.25, 0.3) is 11.1 Å². The lowest BCUT2D eigenvalue weighted by molar-refractivity contribution is 0.412. The van der Waals surface area contributed by atoms with Crippen LogP contribution in [0.2, 0.25) is 0 Å². The van der Waals surface area contributed by atoms with E-state index in [1.54, 1.807) is 13.2 Å². The van der Waals surface area contributed by atoms with Crippen molar-refractivity contribution < 1.29 is 9.84 Å². The van der Waals surface area contributed by atoms with Crippen LogP contribution in [0, 0.1) is 13.8 Å². The fourth-order valence-corrected chi connectivity index (χ4v) is 1.85. The summed E-state index contributed by atoms with van der Waals surface area (Å²) in [6, 6.07) is 11.7. The predicted octanol–water partition coefficient (Wildman–Crippen LogP) is 3.68. The zero-order chi connectivity index (χ0) is 12.4. The van der Waals surface area contributed by atoms with Crippen LogP contribution in [-0.4, -0.2) is 12.2 Å². The Morgan fingerprint density at radius 2 is 1.53 bits per heavy atom. The van der Waals surface area contributed by atoms with E-state index in [1.165, 1.54) is 0 Å². The van der Waals surface area contributed by atoms with E-state index in [9.17, 15) is 5.11 Å². The van der Waals surface area contributed by atoms with Crippen molar-refractivity contribution in [3.05, 3.63) is 47.5 Å². The first-order valence-electron chi connectivity index (χ1n) is 5.56. The molecule has 1 N–H and O–H groups in total. The molecule has 2 rings (SSSR count). The third kappa shape index (κ3) is 2.26. The monoisotopic (exact) mass is 228 g/mol. The molecule has 0 aromatic heterocycles. The summed E-state index contributed by atoms with van der Waals surface area (Å²) in [6.45, 7) is 3.90. The number of ether oxygens (including phenoxy) is 1. The van der Waals surface area contributed by atoms with Crippen molar-refractivity contribution in [2.45, 2.75) is 13.8 Å². The number of methoxy groups -OCH3 is 1. The van der Waals surface area contributed by atoms with E-state index in [4.69, 9.17) is 4.74 Å². The number of aromatic hydroxyl groups is 1. The minimum Gasteiger partial charge on any atom is -0.508 e. The SMILES string of the molecule is COc1ccc(-c2ccc(C)c(O)c2)cc1C. The molecule has 2 nitrogen and oxygen atoms in total. The standard InChI is InChI=1S/C15H16O2/c1-10-4-5-13(9-14(10)16)12-6-7-15(17-3)11(2)8-12/h4-9,16H,1-3H3. The van der Waals surface area contributed by atoms with Gasteiger partial charge in [-0.1, -0.05) is 18.2 Å². The summed E-state index contributed by atoms with van der Waals surface area (Å²) in [4.78, 5) is 0. The number of phenolic OH excluding ortho intramolecular Hbond substituents is 1. The smallest absolute Gasteiger partial charge is 0.121 e. The van der Waals surface area contributed by atoms with Gasteiger partial charge in [-0.25, -0.2) is 0 Å². The summed E-state index contributed by atoms with van der Waals surface area (Å²) < 4.78 is 5.23. The third-order valence-electron chi connectivity index (χ3n) is 2.94. The molecule has 0 amide bonds. The molecule has 2 heteroatoms. The van der Waals surface area contributed by atoms with Gasteiger partial charge >= 0.3 is 0 Å². The van der Waals surface area contributed by atoms with Crippen LogP contribution in [0.3, 0.4) is 0 Å². The highest BCUT2D eigenvalue weighted by molar-refractivity contribution is 5.67. The topological polar surface area (TPSA) is 29.5 Å². The summed E-state index contributed by atoms with van der Waals surface area (Å²) in [7, 11) is 1.67. The van der Waals surface area contributed by atoms with Crippen molar-refractivity contribution in [1.82, 2.24) is 0 Å². The molecule has 88 valence electrons. The Balaban J connectivity index is 2.46. The molecular weight excluding hydrogens is 212 g/mol. The van der Waals surface area contributed by atoms with Crippen molar-refractivity contribution in [3.8, 4) is 22.6 Å². The number of rotatable bonds is 2. The van der Waals surface area contributed by atoms with Gasteiger partial charge in [-0.3, -0.25) is 0 Å². The van der Waals surface area contributed by atoms with Gasteiger partial charge in [-0.2, -0.15) is 0 Å². The molecule has 2 aromatic carbocycles. The van der Waals surface area contributed by atoms with E-state index in [0.717, 1.165) is 28.0 Å². The van der Waals surface area contributed by atoms with Crippen molar-refractivity contribution in [1.29, 1.82) is 0 Å². The Bertz CT molecular complexity index is 545. The lowest BCUT2D eigenvalue weighted by atomic mass is 10.0. The highest BCUT2D eigenvalue weighted by Gasteiger charge is 2.04. The second-order valence-electron chi connectivity index (χ2n) is 4.19. The Morgan fingerprint density at radius 1 is 0.882 bits per heavy atom. The van der Waals surface area contributed by atoms with Gasteiger partial charge in [0.25, 0.3) is 0 Å². The molecule has 0 saturated carbocycles. The maximum Gasteiger partial charge on any atom is 0.121 e. The molecule has 0 heterocycles. The van der Waals surface area contributed by atoms with Gasteiger partial charge in [-0.05, 0) is 54.3 Å². The average molecular weight is 228 g/mol. The maximum atomic E-state index is 9.71. The van der Waals surface area contributed by atoms with Crippen molar-refractivity contribution in [3.63, 3.8) is 0 Å². The number of aryl methyl sites for hydroxylation is 2. The molecule has 0 aliphatic heterocycles. The predicted molar refractivity (Wildman–Crippen MR) is 69.6 cm³/mol. The van der Waals surface area contributed by atoms with E-state index < -0.39 is 0 Å². The minimum absolute atomic E-state index is 0.330. The van der Waals surface area contributed by atoms with Gasteiger partial charge < -0.3 is 9.84 Å². The van der Waals surface area contributed by atoms with E-state index >= 15 is 0 Å². The summed E-state index contributed by atoms with van der Waals surface area (Å²) >= 11 is 0. The van der Waals surface area contributed by atoms with Crippen LogP contribution in [0.5, 0.6) is 11.5 Å². The van der Waals surface area contributed by atoms with E-state index in [-0.39, 0.29) is 0 Å². The lowest BCUT2D eigenvalue weighted by Gasteiger charge is -2.08. The number of benzene rings is 2. The van der Waals surface area contributed by atoms with Gasteiger partial charge in [0.05, 0.1) is 7.11 Å². The lowest BCUT2D eigenvalue weighted by Crippen LogP contribution is -1.88. The number of hydrogen-bond donors (Lipinski definition) is 1. The molecule has 0 fully saturated rings. The van der Waals surface area contributed by atoms with E-state index in [1.807, 2.05) is 38.1 Å². The zero-order valence-corrected chi connectivity index (χ0v) is 10.3. The minimum atomic E-state index is 0.330. The van der Waals surface area contributed by atoms with Crippen molar-refractivity contribution >= 4 is 0 Å². The quantitative estimate of drug-likeness (QED) is 0.849. The molecule has 17 heavy (non-hydrogen) atoms. The Labute approximate surface area is 101 Å². The van der Waals surface area contributed by atoms with Crippen LogP contribution in [0.1, 0.15) is 11.1 Å². The first-order valence-corrected chi connectivity index (χ1v) is 5.56. The fraction of sp³-hybridized carbons (Fsp3) is 0.200. The van der Waals surface area contributed by atoms with Gasteiger partial charge in [0, 0.05) is 0 Å². The zero-order valence-electron chi connectivity index (χ0n) is 10.3. The van der Waals surface area contributed by atoms with Crippen LogP contribution >= 0.6 is 0 Å². The molecule has 0 radical (unpaired) electrons.